The Bertz CT molecular complexity index is 319. The van der Waals surface area contributed by atoms with Crippen LogP contribution in [0.1, 0.15) is 33.1 Å². The molecule has 0 radical (unpaired) electrons. The first-order chi connectivity index (χ1) is 8.41. The summed E-state index contributed by atoms with van der Waals surface area (Å²) >= 11 is 0. The van der Waals surface area contributed by atoms with Crippen molar-refractivity contribution in [2.24, 2.45) is 11.7 Å². The molecule has 1 saturated heterocycles. The minimum atomic E-state index is -0.387. The van der Waals surface area contributed by atoms with E-state index >= 15 is 0 Å². The molecule has 5 nitrogen and oxygen atoms in total. The van der Waals surface area contributed by atoms with Crippen molar-refractivity contribution in [3.05, 3.63) is 0 Å². The number of rotatable bonds is 2. The van der Waals surface area contributed by atoms with Crippen LogP contribution in [-0.4, -0.2) is 53.4 Å². The summed E-state index contributed by atoms with van der Waals surface area (Å²) < 4.78 is 5.72. The van der Waals surface area contributed by atoms with Crippen molar-refractivity contribution in [1.82, 2.24) is 4.90 Å². The number of morpholine rings is 1. The quantitative estimate of drug-likeness (QED) is 0.735. The van der Waals surface area contributed by atoms with Crippen LogP contribution >= 0.6 is 0 Å². The van der Waals surface area contributed by atoms with Gasteiger partial charge in [0.2, 0.25) is 5.91 Å². The van der Waals surface area contributed by atoms with Crippen molar-refractivity contribution in [3.63, 3.8) is 0 Å². The number of carbonyl (C=O) groups excluding carboxylic acids is 1. The zero-order chi connectivity index (χ0) is 13.3. The van der Waals surface area contributed by atoms with Crippen LogP contribution in [0.25, 0.3) is 0 Å². The number of hydrogen-bond acceptors (Lipinski definition) is 4. The fourth-order valence-corrected chi connectivity index (χ4v) is 3.06. The van der Waals surface area contributed by atoms with Gasteiger partial charge in [0.15, 0.2) is 0 Å². The Labute approximate surface area is 108 Å². The SMILES string of the molecule is CC1(C)CN(C(=O)C2CCC(N)C2)CC(CO)O1. The van der Waals surface area contributed by atoms with Gasteiger partial charge in [0.25, 0.3) is 0 Å². The molecule has 3 N–H and O–H groups in total. The molecular formula is C13H24N2O3. The number of nitrogens with zero attached hydrogens (tertiary/aromatic N) is 1. The lowest BCUT2D eigenvalue weighted by Crippen LogP contribution is -2.56. The largest absolute Gasteiger partial charge is 0.394 e. The van der Waals surface area contributed by atoms with Gasteiger partial charge >= 0.3 is 0 Å². The van der Waals surface area contributed by atoms with E-state index in [1.807, 2.05) is 18.7 Å². The number of aliphatic hydroxyl groups excluding tert-OH is 1. The molecule has 1 saturated carbocycles. The normalized spacial score (nSPS) is 35.8. The summed E-state index contributed by atoms with van der Waals surface area (Å²) in [5.41, 5.74) is 5.48. The minimum Gasteiger partial charge on any atom is -0.394 e. The maximum Gasteiger partial charge on any atom is 0.225 e. The molecule has 5 heteroatoms. The van der Waals surface area contributed by atoms with E-state index < -0.39 is 0 Å². The van der Waals surface area contributed by atoms with Crippen molar-refractivity contribution in [2.45, 2.75) is 50.9 Å². The van der Waals surface area contributed by atoms with Crippen LogP contribution in [0.2, 0.25) is 0 Å². The Hall–Kier alpha value is -0.650. The molecule has 0 spiro atoms. The molecule has 3 unspecified atom stereocenters. The van der Waals surface area contributed by atoms with Gasteiger partial charge in [-0.15, -0.1) is 0 Å². The molecule has 1 aliphatic heterocycles. The van der Waals surface area contributed by atoms with Crippen molar-refractivity contribution in [1.29, 1.82) is 0 Å². The number of amides is 1. The first-order valence-electron chi connectivity index (χ1n) is 6.74. The summed E-state index contributed by atoms with van der Waals surface area (Å²) in [4.78, 5) is 14.3. The first kappa shape index (κ1) is 13.8. The summed E-state index contributed by atoms with van der Waals surface area (Å²) in [7, 11) is 0. The van der Waals surface area contributed by atoms with Crippen molar-refractivity contribution in [3.8, 4) is 0 Å². The van der Waals surface area contributed by atoms with E-state index in [1.54, 1.807) is 0 Å². The summed E-state index contributed by atoms with van der Waals surface area (Å²) in [6.07, 6.45) is 2.35. The van der Waals surface area contributed by atoms with Gasteiger partial charge in [-0.3, -0.25) is 4.79 Å². The van der Waals surface area contributed by atoms with Gasteiger partial charge in [0, 0.05) is 25.0 Å². The fourth-order valence-electron chi connectivity index (χ4n) is 3.06. The fraction of sp³-hybridized carbons (Fsp3) is 0.923. The second-order valence-electron chi connectivity index (χ2n) is 6.17. The molecule has 2 rings (SSSR count). The maximum atomic E-state index is 12.4. The van der Waals surface area contributed by atoms with Crippen LogP contribution in [0.4, 0.5) is 0 Å². The molecule has 104 valence electrons. The van der Waals surface area contributed by atoms with Gasteiger partial charge in [0.05, 0.1) is 18.3 Å². The van der Waals surface area contributed by atoms with Crippen molar-refractivity contribution >= 4 is 5.91 Å². The van der Waals surface area contributed by atoms with E-state index in [0.29, 0.717) is 13.1 Å². The highest BCUT2D eigenvalue weighted by Crippen LogP contribution is 2.29. The smallest absolute Gasteiger partial charge is 0.225 e. The molecule has 0 aromatic carbocycles. The molecule has 2 aliphatic rings. The van der Waals surface area contributed by atoms with E-state index in [2.05, 4.69) is 0 Å². The molecule has 18 heavy (non-hydrogen) atoms. The molecule has 1 heterocycles. The molecule has 1 amide bonds. The molecule has 0 aromatic rings. The van der Waals surface area contributed by atoms with Crippen molar-refractivity contribution < 1.29 is 14.6 Å². The van der Waals surface area contributed by atoms with Crippen LogP contribution < -0.4 is 5.73 Å². The number of nitrogens with two attached hydrogens (primary N) is 1. The molecule has 1 aliphatic carbocycles. The van der Waals surface area contributed by atoms with Gasteiger partial charge in [-0.25, -0.2) is 0 Å². The monoisotopic (exact) mass is 256 g/mol. The van der Waals surface area contributed by atoms with E-state index in [0.717, 1.165) is 19.3 Å². The average molecular weight is 256 g/mol. The molecule has 0 bridgehead atoms. The summed E-state index contributed by atoms with van der Waals surface area (Å²) in [5.74, 6) is 0.242. The summed E-state index contributed by atoms with van der Waals surface area (Å²) in [6.45, 7) is 4.95. The highest BCUT2D eigenvalue weighted by molar-refractivity contribution is 5.79. The molecular weight excluding hydrogens is 232 g/mol. The minimum absolute atomic E-state index is 0.0443. The maximum absolute atomic E-state index is 12.4. The number of hydrogen-bond donors (Lipinski definition) is 2. The zero-order valence-corrected chi connectivity index (χ0v) is 11.3. The highest BCUT2D eigenvalue weighted by atomic mass is 16.5. The second-order valence-corrected chi connectivity index (χ2v) is 6.17. The molecule has 3 atom stereocenters. The Morgan fingerprint density at radius 1 is 1.50 bits per heavy atom. The van der Waals surface area contributed by atoms with E-state index in [9.17, 15) is 9.90 Å². The predicted molar refractivity (Wildman–Crippen MR) is 67.9 cm³/mol. The Balaban J connectivity index is 2.00. The van der Waals surface area contributed by atoms with Crippen LogP contribution in [0.15, 0.2) is 0 Å². The third-order valence-electron chi connectivity index (χ3n) is 3.82. The highest BCUT2D eigenvalue weighted by Gasteiger charge is 2.38. The standard InChI is InChI=1S/C13H24N2O3/c1-13(2)8-15(6-11(7-16)18-13)12(17)9-3-4-10(14)5-9/h9-11,16H,3-8,14H2,1-2H3. The van der Waals surface area contributed by atoms with Gasteiger partial charge in [-0.05, 0) is 33.1 Å². The average Bonchev–Trinajstić information content (AvgIpc) is 2.72. The summed E-state index contributed by atoms with van der Waals surface area (Å²) in [6, 6.07) is 0.168. The van der Waals surface area contributed by atoms with E-state index in [1.165, 1.54) is 0 Å². The zero-order valence-electron chi connectivity index (χ0n) is 11.3. The van der Waals surface area contributed by atoms with Gasteiger partial charge in [-0.2, -0.15) is 0 Å². The lowest BCUT2D eigenvalue weighted by atomic mass is 10.0. The van der Waals surface area contributed by atoms with Crippen LogP contribution in [0, 0.1) is 5.92 Å². The Kier molecular flexibility index (Phi) is 3.94. The Morgan fingerprint density at radius 2 is 2.22 bits per heavy atom. The first-order valence-corrected chi connectivity index (χ1v) is 6.74. The van der Waals surface area contributed by atoms with Gasteiger partial charge < -0.3 is 20.5 Å². The third kappa shape index (κ3) is 3.02. The predicted octanol–water partition coefficient (Wildman–Crippen LogP) is 0.112. The second kappa shape index (κ2) is 5.15. The van der Waals surface area contributed by atoms with E-state index in [-0.39, 0.29) is 36.2 Å². The topological polar surface area (TPSA) is 75.8 Å². The number of ether oxygens (including phenoxy) is 1. The van der Waals surface area contributed by atoms with Crippen molar-refractivity contribution in [2.75, 3.05) is 19.7 Å². The van der Waals surface area contributed by atoms with Gasteiger partial charge in [0.1, 0.15) is 0 Å². The lowest BCUT2D eigenvalue weighted by Gasteiger charge is -2.43. The number of carbonyl (C=O) groups is 1. The van der Waals surface area contributed by atoms with Gasteiger partial charge in [-0.1, -0.05) is 0 Å². The third-order valence-corrected chi connectivity index (χ3v) is 3.82. The van der Waals surface area contributed by atoms with Crippen LogP contribution in [-0.2, 0) is 9.53 Å². The molecule has 2 fully saturated rings. The summed E-state index contributed by atoms with van der Waals surface area (Å²) in [5, 5.41) is 9.25. The molecule has 0 aromatic heterocycles. The Morgan fingerprint density at radius 3 is 2.78 bits per heavy atom. The number of aliphatic hydroxyl groups is 1. The lowest BCUT2D eigenvalue weighted by molar-refractivity contribution is -0.169. The van der Waals surface area contributed by atoms with Crippen LogP contribution in [0.5, 0.6) is 0 Å². The van der Waals surface area contributed by atoms with Crippen LogP contribution in [0.3, 0.4) is 0 Å². The van der Waals surface area contributed by atoms with E-state index in [4.69, 9.17) is 10.5 Å².